The molecule has 0 aromatic heterocycles. The van der Waals surface area contributed by atoms with Gasteiger partial charge in [0.2, 0.25) is 15.9 Å². The van der Waals surface area contributed by atoms with Crippen molar-refractivity contribution in [2.75, 3.05) is 24.1 Å². The van der Waals surface area contributed by atoms with Gasteiger partial charge in [-0.2, -0.15) is 4.31 Å². The van der Waals surface area contributed by atoms with E-state index in [9.17, 15) is 17.6 Å². The molecular formula is C18H20FN3O3S. The number of nitrogens with zero attached hydrogens (tertiary/aromatic N) is 1. The van der Waals surface area contributed by atoms with Crippen molar-refractivity contribution in [2.24, 2.45) is 5.92 Å². The highest BCUT2D eigenvalue weighted by Crippen LogP contribution is 2.26. The maximum Gasteiger partial charge on any atom is 0.245 e. The van der Waals surface area contributed by atoms with Crippen LogP contribution in [0.5, 0.6) is 0 Å². The van der Waals surface area contributed by atoms with Crippen LogP contribution in [-0.2, 0) is 14.8 Å². The minimum atomic E-state index is -3.90. The van der Waals surface area contributed by atoms with Gasteiger partial charge in [-0.1, -0.05) is 24.3 Å². The molecule has 0 atom stereocenters. The van der Waals surface area contributed by atoms with Crippen LogP contribution in [0, 0.1) is 11.7 Å². The number of anilines is 2. The molecule has 0 saturated carbocycles. The Morgan fingerprint density at radius 3 is 2.35 bits per heavy atom. The zero-order valence-electron chi connectivity index (χ0n) is 14.1. The molecular weight excluding hydrogens is 357 g/mol. The molecule has 8 heteroatoms. The number of carbonyl (C=O) groups is 1. The number of benzene rings is 2. The minimum absolute atomic E-state index is 0.166. The van der Waals surface area contributed by atoms with E-state index in [4.69, 9.17) is 5.73 Å². The summed E-state index contributed by atoms with van der Waals surface area (Å²) >= 11 is 0. The number of hydrogen-bond acceptors (Lipinski definition) is 4. The maximum atomic E-state index is 13.8. The molecule has 1 saturated heterocycles. The molecule has 2 aromatic carbocycles. The van der Waals surface area contributed by atoms with Gasteiger partial charge in [0.15, 0.2) is 0 Å². The minimum Gasteiger partial charge on any atom is -0.397 e. The van der Waals surface area contributed by atoms with Crippen molar-refractivity contribution in [3.63, 3.8) is 0 Å². The Morgan fingerprint density at radius 1 is 1.08 bits per heavy atom. The highest BCUT2D eigenvalue weighted by molar-refractivity contribution is 7.89. The highest BCUT2D eigenvalue weighted by Gasteiger charge is 2.33. The fraction of sp³-hybridized carbons (Fsp3) is 0.278. The Morgan fingerprint density at radius 2 is 1.69 bits per heavy atom. The van der Waals surface area contributed by atoms with Gasteiger partial charge < -0.3 is 11.1 Å². The summed E-state index contributed by atoms with van der Waals surface area (Å²) in [5.41, 5.74) is 6.83. The number of carbonyl (C=O) groups excluding carboxylic acids is 1. The number of sulfonamides is 1. The van der Waals surface area contributed by atoms with Crippen molar-refractivity contribution in [3.05, 3.63) is 54.3 Å². The fourth-order valence-corrected chi connectivity index (χ4v) is 4.53. The van der Waals surface area contributed by atoms with E-state index in [-0.39, 0.29) is 29.8 Å². The van der Waals surface area contributed by atoms with Crippen molar-refractivity contribution in [3.8, 4) is 0 Å². The Bertz CT molecular complexity index is 909. The van der Waals surface area contributed by atoms with Gasteiger partial charge in [-0.25, -0.2) is 12.8 Å². The third-order valence-corrected chi connectivity index (χ3v) is 6.43. The van der Waals surface area contributed by atoms with Crippen LogP contribution in [0.2, 0.25) is 0 Å². The molecule has 0 spiro atoms. The lowest BCUT2D eigenvalue weighted by atomic mass is 9.97. The van der Waals surface area contributed by atoms with Gasteiger partial charge in [0.25, 0.3) is 0 Å². The lowest BCUT2D eigenvalue weighted by molar-refractivity contribution is -0.120. The molecule has 3 rings (SSSR count). The topological polar surface area (TPSA) is 92.5 Å². The molecule has 3 N–H and O–H groups in total. The van der Waals surface area contributed by atoms with E-state index >= 15 is 0 Å². The summed E-state index contributed by atoms with van der Waals surface area (Å²) < 4.78 is 40.2. The SMILES string of the molecule is Nc1ccccc1NC(=O)C1CCN(S(=O)(=O)c2ccccc2F)CC1. The van der Waals surface area contributed by atoms with E-state index < -0.39 is 15.8 Å². The van der Waals surface area contributed by atoms with E-state index in [1.165, 1.54) is 22.5 Å². The first-order valence-electron chi connectivity index (χ1n) is 8.29. The number of piperidine rings is 1. The predicted molar refractivity (Wildman–Crippen MR) is 97.4 cm³/mol. The van der Waals surface area contributed by atoms with Gasteiger partial charge >= 0.3 is 0 Å². The molecule has 138 valence electrons. The monoisotopic (exact) mass is 377 g/mol. The smallest absolute Gasteiger partial charge is 0.245 e. The first kappa shape index (κ1) is 18.3. The summed E-state index contributed by atoms with van der Waals surface area (Å²) in [6, 6.07) is 12.3. The Kier molecular flexibility index (Phi) is 5.24. The molecule has 1 amide bonds. The average Bonchev–Trinajstić information content (AvgIpc) is 2.64. The molecule has 1 heterocycles. The zero-order valence-corrected chi connectivity index (χ0v) is 14.9. The zero-order chi connectivity index (χ0) is 18.7. The second-order valence-electron chi connectivity index (χ2n) is 6.19. The van der Waals surface area contributed by atoms with E-state index in [1.54, 1.807) is 24.3 Å². The van der Waals surface area contributed by atoms with Gasteiger partial charge in [-0.3, -0.25) is 4.79 Å². The normalized spacial score (nSPS) is 16.3. The van der Waals surface area contributed by atoms with Crippen LogP contribution >= 0.6 is 0 Å². The molecule has 6 nitrogen and oxygen atoms in total. The van der Waals surface area contributed by atoms with Crippen molar-refractivity contribution >= 4 is 27.3 Å². The van der Waals surface area contributed by atoms with Crippen molar-refractivity contribution in [1.29, 1.82) is 0 Å². The Balaban J connectivity index is 1.65. The van der Waals surface area contributed by atoms with E-state index in [1.807, 2.05) is 0 Å². The number of rotatable bonds is 4. The fourth-order valence-electron chi connectivity index (χ4n) is 3.00. The second-order valence-corrected chi connectivity index (χ2v) is 8.09. The molecule has 26 heavy (non-hydrogen) atoms. The summed E-state index contributed by atoms with van der Waals surface area (Å²) in [7, 11) is -3.90. The second kappa shape index (κ2) is 7.43. The highest BCUT2D eigenvalue weighted by atomic mass is 32.2. The first-order chi connectivity index (χ1) is 12.4. The Labute approximate surface area is 151 Å². The first-order valence-corrected chi connectivity index (χ1v) is 9.73. The van der Waals surface area contributed by atoms with Crippen LogP contribution in [0.25, 0.3) is 0 Å². The lowest BCUT2D eigenvalue weighted by Gasteiger charge is -2.30. The Hall–Kier alpha value is -2.45. The largest absolute Gasteiger partial charge is 0.397 e. The number of para-hydroxylation sites is 2. The third kappa shape index (κ3) is 3.71. The van der Waals surface area contributed by atoms with Crippen LogP contribution in [0.15, 0.2) is 53.4 Å². The van der Waals surface area contributed by atoms with E-state index in [2.05, 4.69) is 5.32 Å². The molecule has 0 bridgehead atoms. The van der Waals surface area contributed by atoms with Crippen LogP contribution in [0.1, 0.15) is 12.8 Å². The van der Waals surface area contributed by atoms with Gasteiger partial charge in [0.05, 0.1) is 11.4 Å². The van der Waals surface area contributed by atoms with Crippen LogP contribution in [-0.4, -0.2) is 31.7 Å². The number of halogens is 1. The van der Waals surface area contributed by atoms with Gasteiger partial charge in [-0.15, -0.1) is 0 Å². The third-order valence-electron chi connectivity index (χ3n) is 4.50. The van der Waals surface area contributed by atoms with Crippen LogP contribution in [0.3, 0.4) is 0 Å². The maximum absolute atomic E-state index is 13.8. The summed E-state index contributed by atoms with van der Waals surface area (Å²) in [6.07, 6.45) is 0.735. The predicted octanol–water partition coefficient (Wildman–Crippen LogP) is 2.45. The number of amides is 1. The summed E-state index contributed by atoms with van der Waals surface area (Å²) in [4.78, 5) is 12.1. The van der Waals surface area contributed by atoms with E-state index in [0.29, 0.717) is 24.2 Å². The molecule has 1 aliphatic heterocycles. The molecule has 0 aliphatic carbocycles. The molecule has 2 aromatic rings. The molecule has 1 aliphatic rings. The average molecular weight is 377 g/mol. The van der Waals surface area contributed by atoms with Crippen LogP contribution < -0.4 is 11.1 Å². The molecule has 1 fully saturated rings. The summed E-state index contributed by atoms with van der Waals surface area (Å²) in [5.74, 6) is -1.28. The number of nitrogen functional groups attached to an aromatic ring is 1. The quantitative estimate of drug-likeness (QED) is 0.801. The van der Waals surface area contributed by atoms with Crippen LogP contribution in [0.4, 0.5) is 15.8 Å². The summed E-state index contributed by atoms with van der Waals surface area (Å²) in [5, 5.41) is 2.78. The molecule has 0 radical (unpaired) electrons. The summed E-state index contributed by atoms with van der Waals surface area (Å²) in [6.45, 7) is 0.331. The number of nitrogens with one attached hydrogen (secondary N) is 1. The van der Waals surface area contributed by atoms with Crippen molar-refractivity contribution < 1.29 is 17.6 Å². The van der Waals surface area contributed by atoms with Gasteiger partial charge in [0, 0.05) is 19.0 Å². The standard InChI is InChI=1S/C18H20FN3O3S/c19-14-5-1-4-8-17(14)26(24,25)22-11-9-13(10-12-22)18(23)21-16-7-3-2-6-15(16)20/h1-8,13H,9-12,20H2,(H,21,23). The number of nitrogens with two attached hydrogens (primary N) is 1. The van der Waals surface area contributed by atoms with Crippen molar-refractivity contribution in [1.82, 2.24) is 4.31 Å². The van der Waals surface area contributed by atoms with Crippen molar-refractivity contribution in [2.45, 2.75) is 17.7 Å². The van der Waals surface area contributed by atoms with E-state index in [0.717, 1.165) is 6.07 Å². The lowest BCUT2D eigenvalue weighted by Crippen LogP contribution is -2.41. The number of hydrogen-bond donors (Lipinski definition) is 2. The van der Waals surface area contributed by atoms with Gasteiger partial charge in [0.1, 0.15) is 10.7 Å². The van der Waals surface area contributed by atoms with Gasteiger partial charge in [-0.05, 0) is 37.1 Å². The molecule has 0 unspecified atom stereocenters.